The monoisotopic (exact) mass is 332 g/mol. The third-order valence-corrected chi connectivity index (χ3v) is 4.49. The number of ketones is 1. The van der Waals surface area contributed by atoms with Gasteiger partial charge in [-0.2, -0.15) is 0 Å². The van der Waals surface area contributed by atoms with E-state index in [9.17, 15) is 9.59 Å². The molecule has 126 valence electrons. The van der Waals surface area contributed by atoms with Crippen LogP contribution in [0.5, 0.6) is 0 Å². The first-order valence-corrected chi connectivity index (χ1v) is 8.29. The standard InChI is InChI=1S/C21H20N2O2/c1-3-14-4-9-17-12-18(10-11-19(17)20(14)24)23-21(25)16-7-5-15(6-8-16)13(2)22/h3,5-8,10-12,22H,4,9H2,1-2H3,(H,23,25)/b14-3+,22-13?. The number of carbonyl (C=O) groups excluding carboxylic acids is 2. The summed E-state index contributed by atoms with van der Waals surface area (Å²) in [6, 6.07) is 12.4. The van der Waals surface area contributed by atoms with Crippen molar-refractivity contribution < 1.29 is 9.59 Å². The van der Waals surface area contributed by atoms with Gasteiger partial charge < -0.3 is 10.7 Å². The highest BCUT2D eigenvalue weighted by molar-refractivity contribution is 6.11. The number of fused-ring (bicyclic) bond motifs is 1. The van der Waals surface area contributed by atoms with Crippen LogP contribution < -0.4 is 5.32 Å². The smallest absolute Gasteiger partial charge is 0.255 e. The Morgan fingerprint density at radius 3 is 2.40 bits per heavy atom. The molecular formula is C21H20N2O2. The van der Waals surface area contributed by atoms with Gasteiger partial charge in [-0.3, -0.25) is 9.59 Å². The largest absolute Gasteiger partial charge is 0.322 e. The molecule has 0 saturated heterocycles. The molecule has 0 unspecified atom stereocenters. The second kappa shape index (κ2) is 6.85. The van der Waals surface area contributed by atoms with Gasteiger partial charge in [-0.1, -0.05) is 18.2 Å². The number of hydrogen-bond acceptors (Lipinski definition) is 3. The maximum atomic E-state index is 12.4. The lowest BCUT2D eigenvalue weighted by Gasteiger charge is -2.18. The Kier molecular flexibility index (Phi) is 4.61. The van der Waals surface area contributed by atoms with Crippen LogP contribution in [-0.4, -0.2) is 17.4 Å². The average molecular weight is 332 g/mol. The van der Waals surface area contributed by atoms with Crippen molar-refractivity contribution in [3.63, 3.8) is 0 Å². The third kappa shape index (κ3) is 3.43. The number of benzene rings is 2. The molecule has 0 saturated carbocycles. The summed E-state index contributed by atoms with van der Waals surface area (Å²) in [4.78, 5) is 24.7. The second-order valence-electron chi connectivity index (χ2n) is 6.17. The van der Waals surface area contributed by atoms with Gasteiger partial charge >= 0.3 is 0 Å². The highest BCUT2D eigenvalue weighted by Crippen LogP contribution is 2.27. The molecule has 2 aromatic carbocycles. The molecule has 1 aliphatic carbocycles. The normalized spacial score (nSPS) is 15.0. The van der Waals surface area contributed by atoms with Crippen LogP contribution in [0.25, 0.3) is 0 Å². The van der Waals surface area contributed by atoms with Gasteiger partial charge in [-0.15, -0.1) is 0 Å². The molecule has 0 fully saturated rings. The Morgan fingerprint density at radius 1 is 1.08 bits per heavy atom. The van der Waals surface area contributed by atoms with Crippen LogP contribution in [0.1, 0.15) is 52.1 Å². The number of anilines is 1. The van der Waals surface area contributed by atoms with Crippen molar-refractivity contribution in [2.24, 2.45) is 0 Å². The molecule has 4 nitrogen and oxygen atoms in total. The Labute approximate surface area is 147 Å². The maximum Gasteiger partial charge on any atom is 0.255 e. The lowest BCUT2D eigenvalue weighted by atomic mass is 9.86. The van der Waals surface area contributed by atoms with E-state index >= 15 is 0 Å². The van der Waals surface area contributed by atoms with Crippen molar-refractivity contribution in [2.75, 3.05) is 5.32 Å². The zero-order valence-corrected chi connectivity index (χ0v) is 14.3. The van der Waals surface area contributed by atoms with Gasteiger partial charge in [0.05, 0.1) is 0 Å². The fraction of sp³-hybridized carbons (Fsp3) is 0.190. The van der Waals surface area contributed by atoms with Crippen LogP contribution in [0.3, 0.4) is 0 Å². The topological polar surface area (TPSA) is 70.0 Å². The summed E-state index contributed by atoms with van der Waals surface area (Å²) >= 11 is 0. The van der Waals surface area contributed by atoms with Gasteiger partial charge in [0, 0.05) is 22.5 Å². The summed E-state index contributed by atoms with van der Waals surface area (Å²) < 4.78 is 0. The Bertz CT molecular complexity index is 893. The lowest BCUT2D eigenvalue weighted by molar-refractivity contribution is 0.101. The molecule has 1 amide bonds. The molecule has 0 aromatic heterocycles. The summed E-state index contributed by atoms with van der Waals surface area (Å²) in [6.07, 6.45) is 3.42. The minimum Gasteiger partial charge on any atom is -0.322 e. The molecule has 25 heavy (non-hydrogen) atoms. The molecule has 0 aliphatic heterocycles. The van der Waals surface area contributed by atoms with E-state index in [-0.39, 0.29) is 11.7 Å². The summed E-state index contributed by atoms with van der Waals surface area (Å²) in [7, 11) is 0. The van der Waals surface area contributed by atoms with Crippen LogP contribution in [0.15, 0.2) is 54.1 Å². The van der Waals surface area contributed by atoms with Crippen LogP contribution >= 0.6 is 0 Å². The van der Waals surface area contributed by atoms with E-state index < -0.39 is 0 Å². The predicted molar refractivity (Wildman–Crippen MR) is 99.7 cm³/mol. The predicted octanol–water partition coefficient (Wildman–Crippen LogP) is 4.40. The number of Topliss-reactive ketones (excluding diaryl/α,β-unsaturated/α-hetero) is 1. The zero-order chi connectivity index (χ0) is 18.0. The van der Waals surface area contributed by atoms with Crippen molar-refractivity contribution in [1.29, 1.82) is 5.41 Å². The van der Waals surface area contributed by atoms with Crippen LogP contribution in [0.4, 0.5) is 5.69 Å². The van der Waals surface area contributed by atoms with E-state index in [1.54, 1.807) is 43.3 Å². The molecule has 1 aliphatic rings. The van der Waals surface area contributed by atoms with Gasteiger partial charge in [0.15, 0.2) is 5.78 Å². The Morgan fingerprint density at radius 2 is 1.76 bits per heavy atom. The maximum absolute atomic E-state index is 12.4. The van der Waals surface area contributed by atoms with E-state index in [1.807, 2.05) is 19.1 Å². The van der Waals surface area contributed by atoms with Crippen molar-refractivity contribution in [2.45, 2.75) is 26.7 Å². The number of nitrogens with one attached hydrogen (secondary N) is 2. The SMILES string of the molecule is C/C=C1\CCc2cc(NC(=O)c3ccc(C(C)=N)cc3)ccc2C1=O. The molecule has 4 heteroatoms. The van der Waals surface area contributed by atoms with Gasteiger partial charge in [-0.05, 0) is 73.7 Å². The van der Waals surface area contributed by atoms with E-state index in [1.165, 1.54) is 0 Å². The second-order valence-corrected chi connectivity index (χ2v) is 6.17. The number of carbonyl (C=O) groups is 2. The van der Waals surface area contributed by atoms with E-state index in [4.69, 9.17) is 5.41 Å². The first-order valence-electron chi connectivity index (χ1n) is 8.29. The number of allylic oxidation sites excluding steroid dienone is 2. The van der Waals surface area contributed by atoms with Crippen LogP contribution in [0.2, 0.25) is 0 Å². The fourth-order valence-electron chi connectivity index (χ4n) is 3.01. The Balaban J connectivity index is 1.78. The summed E-state index contributed by atoms with van der Waals surface area (Å²) in [5, 5.41) is 10.5. The van der Waals surface area contributed by atoms with Crippen LogP contribution in [-0.2, 0) is 6.42 Å². The lowest BCUT2D eigenvalue weighted by Crippen LogP contribution is -2.16. The van der Waals surface area contributed by atoms with Gasteiger partial charge in [0.2, 0.25) is 0 Å². The molecule has 0 atom stereocenters. The number of amides is 1. The molecule has 0 spiro atoms. The molecule has 0 bridgehead atoms. The van der Waals surface area contributed by atoms with Crippen molar-refractivity contribution in [3.8, 4) is 0 Å². The Hall–Kier alpha value is -3.01. The minimum absolute atomic E-state index is 0.0826. The molecule has 2 aromatic rings. The minimum atomic E-state index is -0.203. The van der Waals surface area contributed by atoms with Crippen molar-refractivity contribution >= 4 is 23.1 Å². The average Bonchev–Trinajstić information content (AvgIpc) is 2.62. The van der Waals surface area contributed by atoms with Crippen molar-refractivity contribution in [3.05, 3.63) is 76.4 Å². The van der Waals surface area contributed by atoms with Gasteiger partial charge in [0.25, 0.3) is 5.91 Å². The van der Waals surface area contributed by atoms with Crippen LogP contribution in [0, 0.1) is 5.41 Å². The molecular weight excluding hydrogens is 312 g/mol. The van der Waals surface area contributed by atoms with Gasteiger partial charge in [-0.25, -0.2) is 0 Å². The number of hydrogen-bond donors (Lipinski definition) is 2. The first kappa shape index (κ1) is 16.8. The highest BCUT2D eigenvalue weighted by Gasteiger charge is 2.21. The van der Waals surface area contributed by atoms with E-state index in [0.717, 1.165) is 35.1 Å². The molecule has 0 radical (unpaired) electrons. The quantitative estimate of drug-likeness (QED) is 0.646. The number of aryl methyl sites for hydroxylation is 1. The zero-order valence-electron chi connectivity index (χ0n) is 14.3. The molecule has 2 N–H and O–H groups in total. The summed E-state index contributed by atoms with van der Waals surface area (Å²) in [5.74, 6) is -0.121. The summed E-state index contributed by atoms with van der Waals surface area (Å²) in [6.45, 7) is 3.60. The van der Waals surface area contributed by atoms with E-state index in [2.05, 4.69) is 5.32 Å². The van der Waals surface area contributed by atoms with Crippen molar-refractivity contribution in [1.82, 2.24) is 0 Å². The third-order valence-electron chi connectivity index (χ3n) is 4.49. The molecule has 0 heterocycles. The first-order chi connectivity index (χ1) is 12.0. The fourth-order valence-corrected chi connectivity index (χ4v) is 3.01. The van der Waals surface area contributed by atoms with Gasteiger partial charge in [0.1, 0.15) is 0 Å². The summed E-state index contributed by atoms with van der Waals surface area (Å²) in [5.41, 5.74) is 5.04. The highest BCUT2D eigenvalue weighted by atomic mass is 16.1. The van der Waals surface area contributed by atoms with E-state index in [0.29, 0.717) is 17.0 Å². The molecule has 3 rings (SSSR count). The number of rotatable bonds is 3.